The third-order valence-electron chi connectivity index (χ3n) is 1.36. The topological polar surface area (TPSA) is 21.6 Å². The number of methoxy groups -OCH3 is 1. The van der Waals surface area contributed by atoms with Crippen molar-refractivity contribution in [3.05, 3.63) is 22.2 Å². The normalized spacial score (nSPS) is 9.15. The van der Waals surface area contributed by atoms with Crippen molar-refractivity contribution in [2.45, 2.75) is 0 Å². The minimum Gasteiger partial charge on any atom is -0.493 e. The van der Waals surface area contributed by atoms with Gasteiger partial charge in [0.25, 0.3) is 0 Å². The Hall–Kier alpha value is -0.600. The summed E-state index contributed by atoms with van der Waals surface area (Å²) in [6, 6.07) is 3.18. The minimum absolute atomic E-state index is 0.402. The standard InChI is InChI=1S/C8H5Cl2NOS/c1-12-8-6(10)2-5(9)3-7(8)11-4-13/h2-3H,1H3. The zero-order valence-electron chi connectivity index (χ0n) is 6.67. The lowest BCUT2D eigenvalue weighted by Gasteiger charge is -2.05. The van der Waals surface area contributed by atoms with Crippen LogP contribution in [0.1, 0.15) is 0 Å². The van der Waals surface area contributed by atoms with Gasteiger partial charge >= 0.3 is 0 Å². The van der Waals surface area contributed by atoms with Gasteiger partial charge in [0, 0.05) is 5.02 Å². The largest absolute Gasteiger partial charge is 0.493 e. The number of isothiocyanates is 1. The Morgan fingerprint density at radius 1 is 1.46 bits per heavy atom. The molecule has 0 atom stereocenters. The molecule has 0 saturated carbocycles. The lowest BCUT2D eigenvalue weighted by atomic mass is 10.3. The van der Waals surface area contributed by atoms with Crippen LogP contribution in [0, 0.1) is 0 Å². The first-order valence-electron chi connectivity index (χ1n) is 3.30. The molecule has 0 aliphatic carbocycles. The van der Waals surface area contributed by atoms with E-state index in [0.29, 0.717) is 21.5 Å². The van der Waals surface area contributed by atoms with Gasteiger partial charge in [-0.05, 0) is 24.4 Å². The molecule has 0 unspecified atom stereocenters. The molecule has 1 rings (SSSR count). The van der Waals surface area contributed by atoms with Crippen LogP contribution in [0.4, 0.5) is 5.69 Å². The highest BCUT2D eigenvalue weighted by Gasteiger charge is 2.08. The number of benzene rings is 1. The summed E-state index contributed by atoms with van der Waals surface area (Å²) in [4.78, 5) is 3.77. The van der Waals surface area contributed by atoms with Crippen LogP contribution >= 0.6 is 35.4 Å². The van der Waals surface area contributed by atoms with Gasteiger partial charge in [-0.25, -0.2) is 0 Å². The fourth-order valence-corrected chi connectivity index (χ4v) is 1.54. The van der Waals surface area contributed by atoms with Crippen molar-refractivity contribution in [3.63, 3.8) is 0 Å². The van der Waals surface area contributed by atoms with E-state index in [1.165, 1.54) is 7.11 Å². The van der Waals surface area contributed by atoms with Gasteiger partial charge in [0.15, 0.2) is 5.75 Å². The quantitative estimate of drug-likeness (QED) is 0.574. The number of hydrogen-bond acceptors (Lipinski definition) is 3. The van der Waals surface area contributed by atoms with Gasteiger partial charge in [0.1, 0.15) is 5.69 Å². The van der Waals surface area contributed by atoms with Gasteiger partial charge in [0.05, 0.1) is 17.3 Å². The number of halogens is 2. The number of ether oxygens (including phenoxy) is 1. The molecule has 0 saturated heterocycles. The Bertz CT molecular complexity index is 375. The van der Waals surface area contributed by atoms with Crippen molar-refractivity contribution in [1.29, 1.82) is 0 Å². The molecule has 1 aromatic carbocycles. The Labute approximate surface area is 91.1 Å². The molecule has 0 aliphatic rings. The zero-order chi connectivity index (χ0) is 9.84. The molecule has 68 valence electrons. The van der Waals surface area contributed by atoms with Crippen LogP contribution in [-0.2, 0) is 0 Å². The highest BCUT2D eigenvalue weighted by molar-refractivity contribution is 7.78. The second-order valence-electron chi connectivity index (χ2n) is 2.14. The van der Waals surface area contributed by atoms with Crippen molar-refractivity contribution in [1.82, 2.24) is 0 Å². The fraction of sp³-hybridized carbons (Fsp3) is 0.125. The van der Waals surface area contributed by atoms with Crippen molar-refractivity contribution in [2.75, 3.05) is 7.11 Å². The van der Waals surface area contributed by atoms with Gasteiger partial charge in [0.2, 0.25) is 0 Å². The second kappa shape index (κ2) is 4.58. The van der Waals surface area contributed by atoms with Gasteiger partial charge in [-0.2, -0.15) is 4.99 Å². The molecule has 13 heavy (non-hydrogen) atoms. The Morgan fingerprint density at radius 2 is 2.15 bits per heavy atom. The summed E-state index contributed by atoms with van der Waals surface area (Å²) in [5.74, 6) is 0.448. The summed E-state index contributed by atoms with van der Waals surface area (Å²) in [7, 11) is 1.50. The molecule has 0 N–H and O–H groups in total. The predicted octanol–water partition coefficient (Wildman–Crippen LogP) is 3.74. The molecule has 0 radical (unpaired) electrons. The van der Waals surface area contributed by atoms with Crippen molar-refractivity contribution >= 4 is 46.3 Å². The molecule has 0 heterocycles. The lowest BCUT2D eigenvalue weighted by molar-refractivity contribution is 0.416. The summed E-state index contributed by atoms with van der Waals surface area (Å²) >= 11 is 16.1. The van der Waals surface area contributed by atoms with E-state index in [1.807, 2.05) is 0 Å². The van der Waals surface area contributed by atoms with E-state index in [1.54, 1.807) is 12.1 Å². The van der Waals surface area contributed by atoms with E-state index < -0.39 is 0 Å². The van der Waals surface area contributed by atoms with Crippen LogP contribution in [0.2, 0.25) is 10.0 Å². The average Bonchev–Trinajstić information content (AvgIpc) is 2.04. The molecule has 5 heteroatoms. The first-order chi connectivity index (χ1) is 6.19. The average molecular weight is 234 g/mol. The van der Waals surface area contributed by atoms with E-state index in [9.17, 15) is 0 Å². The fourth-order valence-electron chi connectivity index (χ4n) is 0.881. The van der Waals surface area contributed by atoms with Crippen LogP contribution < -0.4 is 4.74 Å². The molecule has 0 aromatic heterocycles. The monoisotopic (exact) mass is 233 g/mol. The molecule has 2 nitrogen and oxygen atoms in total. The first kappa shape index (κ1) is 10.5. The summed E-state index contributed by atoms with van der Waals surface area (Å²) in [6.07, 6.45) is 0. The van der Waals surface area contributed by atoms with Crippen molar-refractivity contribution in [3.8, 4) is 5.75 Å². The molecule has 0 aliphatic heterocycles. The number of thiocarbonyl (C=S) groups is 1. The smallest absolute Gasteiger partial charge is 0.163 e. The minimum atomic E-state index is 0.402. The Kier molecular flexibility index (Phi) is 3.70. The molecular formula is C8H5Cl2NOS. The molecule has 0 bridgehead atoms. The van der Waals surface area contributed by atoms with E-state index in [-0.39, 0.29) is 0 Å². The van der Waals surface area contributed by atoms with E-state index in [2.05, 4.69) is 22.4 Å². The summed E-state index contributed by atoms with van der Waals surface area (Å²) in [6.45, 7) is 0. The molecule has 0 amide bonds. The van der Waals surface area contributed by atoms with Gasteiger partial charge < -0.3 is 4.74 Å². The van der Waals surface area contributed by atoms with E-state index in [4.69, 9.17) is 27.9 Å². The summed E-state index contributed by atoms with van der Waals surface area (Å²) in [5, 5.41) is 3.11. The predicted molar refractivity (Wildman–Crippen MR) is 57.7 cm³/mol. The Balaban J connectivity index is 3.37. The van der Waals surface area contributed by atoms with Crippen molar-refractivity contribution < 1.29 is 4.74 Å². The summed E-state index contributed by atoms with van der Waals surface area (Å²) in [5.41, 5.74) is 0.481. The van der Waals surface area contributed by atoms with Crippen LogP contribution in [0.25, 0.3) is 0 Å². The van der Waals surface area contributed by atoms with Gasteiger partial charge in [-0.1, -0.05) is 23.2 Å². The zero-order valence-corrected chi connectivity index (χ0v) is 9.00. The number of nitrogens with zero attached hydrogens (tertiary/aromatic N) is 1. The first-order valence-corrected chi connectivity index (χ1v) is 4.46. The SMILES string of the molecule is COc1c(Cl)cc(Cl)cc1N=C=S. The highest BCUT2D eigenvalue weighted by atomic mass is 35.5. The number of rotatable bonds is 2. The maximum absolute atomic E-state index is 5.84. The highest BCUT2D eigenvalue weighted by Crippen LogP contribution is 2.37. The van der Waals surface area contributed by atoms with Crippen LogP contribution in [0.15, 0.2) is 17.1 Å². The Morgan fingerprint density at radius 3 is 2.69 bits per heavy atom. The van der Waals surface area contributed by atoms with Crippen LogP contribution in [0.3, 0.4) is 0 Å². The lowest BCUT2D eigenvalue weighted by Crippen LogP contribution is -1.84. The van der Waals surface area contributed by atoms with Gasteiger partial charge in [-0.3, -0.25) is 0 Å². The maximum Gasteiger partial charge on any atom is 0.163 e. The molecule has 0 fully saturated rings. The van der Waals surface area contributed by atoms with E-state index in [0.717, 1.165) is 0 Å². The number of hydrogen-bond donors (Lipinski definition) is 0. The molecule has 0 spiro atoms. The van der Waals surface area contributed by atoms with Crippen molar-refractivity contribution in [2.24, 2.45) is 4.99 Å². The number of aliphatic imine (C=N–C) groups is 1. The molecular weight excluding hydrogens is 229 g/mol. The van der Waals surface area contributed by atoms with Gasteiger partial charge in [-0.15, -0.1) is 0 Å². The van der Waals surface area contributed by atoms with Crippen LogP contribution in [0.5, 0.6) is 5.75 Å². The van der Waals surface area contributed by atoms with E-state index >= 15 is 0 Å². The van der Waals surface area contributed by atoms with Crippen LogP contribution in [-0.4, -0.2) is 12.3 Å². The summed E-state index contributed by atoms with van der Waals surface area (Å²) < 4.78 is 5.01. The maximum atomic E-state index is 5.84. The third kappa shape index (κ3) is 2.42. The molecule has 1 aromatic rings. The second-order valence-corrected chi connectivity index (χ2v) is 3.17. The third-order valence-corrected chi connectivity index (χ3v) is 1.95.